The summed E-state index contributed by atoms with van der Waals surface area (Å²) in [5.74, 6) is -1.19. The molecule has 1 fully saturated rings. The zero-order chi connectivity index (χ0) is 39.3. The normalized spacial score (nSPS) is 23.6. The third-order valence-corrected chi connectivity index (χ3v) is 10.8. The summed E-state index contributed by atoms with van der Waals surface area (Å²) in [6.45, 7) is 13.3. The highest BCUT2D eigenvalue weighted by Gasteiger charge is 2.48. The monoisotopic (exact) mass is 762 g/mol. The Labute approximate surface area is 321 Å². The van der Waals surface area contributed by atoms with Crippen molar-refractivity contribution in [3.8, 4) is 22.2 Å². The standard InChI is InChI=1S/C40H54N6O7S/c1-22(2)29-21-54-37(44-29)28-18-31(26-16-17-30(51-8)23(3)33(26)43-28)52-32-20-46-34(24(32)4)36(48)42-19-25(35(41)47)14-12-10-9-11-13-15-27(38(46)49)45-39(50)53-40(5,6)7/h12,14,16-18,21-22,24-25,27,32,34H,9-11,13,15,19-20H2,1-8H3,(H2,41,47)(H,42,48)(H,45,50)/b14-12-/t24-,25-,27+,32+,34+/m1/s1. The van der Waals surface area contributed by atoms with Gasteiger partial charge in [0.1, 0.15) is 46.0 Å². The summed E-state index contributed by atoms with van der Waals surface area (Å²) < 4.78 is 18.0. The van der Waals surface area contributed by atoms with E-state index in [1.165, 1.54) is 16.2 Å². The number of nitrogens with two attached hydrogens (primary N) is 1. The van der Waals surface area contributed by atoms with Crippen LogP contribution in [0.25, 0.3) is 21.6 Å². The Morgan fingerprint density at radius 2 is 1.87 bits per heavy atom. The molecule has 0 bridgehead atoms. The second-order valence-corrected chi connectivity index (χ2v) is 16.4. The van der Waals surface area contributed by atoms with E-state index >= 15 is 0 Å². The zero-order valence-electron chi connectivity index (χ0n) is 32.6. The molecule has 0 radical (unpaired) electrons. The number of fused-ring (bicyclic) bond motifs is 2. The number of nitrogens with one attached hydrogen (secondary N) is 2. The van der Waals surface area contributed by atoms with E-state index in [0.717, 1.165) is 34.5 Å². The van der Waals surface area contributed by atoms with Gasteiger partial charge in [0.2, 0.25) is 17.7 Å². The zero-order valence-corrected chi connectivity index (χ0v) is 33.4. The molecule has 2 aliphatic rings. The SMILES string of the molecule is COc1ccc2c(O[C@H]3CN4C(=O)[C@@H](NC(=O)OC(C)(C)C)CCCCC/C=C\[C@@H](C(N)=O)CNC(=O)[C@@H]4[C@@H]3C)cc(-c3nc(C(C)C)cs3)nc2c1C. The van der Waals surface area contributed by atoms with Gasteiger partial charge in [0, 0.05) is 34.9 Å². The Bertz CT molecular complexity index is 1890. The second kappa shape index (κ2) is 17.2. The quantitative estimate of drug-likeness (QED) is 0.243. The Kier molecular flexibility index (Phi) is 12.9. The van der Waals surface area contributed by atoms with E-state index in [1.807, 2.05) is 43.5 Å². The minimum absolute atomic E-state index is 0.0212. The number of aromatic nitrogens is 2. The van der Waals surface area contributed by atoms with Gasteiger partial charge in [-0.1, -0.05) is 45.8 Å². The highest BCUT2D eigenvalue weighted by atomic mass is 32.1. The summed E-state index contributed by atoms with van der Waals surface area (Å²) in [5.41, 5.74) is 8.03. The van der Waals surface area contributed by atoms with Crippen molar-refractivity contribution >= 4 is 46.1 Å². The number of benzene rings is 1. The molecule has 13 nitrogen and oxygen atoms in total. The van der Waals surface area contributed by atoms with Crippen molar-refractivity contribution < 1.29 is 33.4 Å². The van der Waals surface area contributed by atoms with Crippen molar-refractivity contribution in [1.82, 2.24) is 25.5 Å². The van der Waals surface area contributed by atoms with Crippen LogP contribution in [0.2, 0.25) is 0 Å². The van der Waals surface area contributed by atoms with Crippen LogP contribution in [0, 0.1) is 18.8 Å². The largest absolute Gasteiger partial charge is 0.496 e. The Morgan fingerprint density at radius 1 is 1.11 bits per heavy atom. The number of nitrogens with zero attached hydrogens (tertiary/aromatic N) is 3. The van der Waals surface area contributed by atoms with E-state index < -0.39 is 59.4 Å². The summed E-state index contributed by atoms with van der Waals surface area (Å²) in [5, 5.41) is 9.19. The summed E-state index contributed by atoms with van der Waals surface area (Å²) in [6.07, 6.45) is 5.58. The van der Waals surface area contributed by atoms with Crippen LogP contribution in [0.4, 0.5) is 4.79 Å². The first-order valence-corrected chi connectivity index (χ1v) is 19.6. The number of alkyl carbamates (subject to hydrolysis) is 1. The molecule has 54 heavy (non-hydrogen) atoms. The number of pyridine rings is 1. The maximum Gasteiger partial charge on any atom is 0.408 e. The summed E-state index contributed by atoms with van der Waals surface area (Å²) in [6, 6.07) is 3.70. The molecule has 5 rings (SSSR count). The van der Waals surface area contributed by atoms with Crippen LogP contribution in [-0.2, 0) is 19.1 Å². The first-order valence-electron chi connectivity index (χ1n) is 18.7. The number of carbonyl (C=O) groups excluding carboxylic acids is 4. The summed E-state index contributed by atoms with van der Waals surface area (Å²) >= 11 is 1.50. The van der Waals surface area contributed by atoms with Crippen LogP contribution in [0.1, 0.15) is 90.8 Å². The van der Waals surface area contributed by atoms with Gasteiger partial charge in [-0.2, -0.15) is 0 Å². The Hall–Kier alpha value is -4.72. The molecular weight excluding hydrogens is 709 g/mol. The molecular formula is C40H54N6O7S. The van der Waals surface area contributed by atoms with Crippen LogP contribution in [0.5, 0.6) is 11.5 Å². The third-order valence-electron chi connectivity index (χ3n) is 9.91. The lowest BCUT2D eigenvalue weighted by molar-refractivity contribution is -0.141. The van der Waals surface area contributed by atoms with Crippen molar-refractivity contribution in [2.24, 2.45) is 17.6 Å². The molecule has 1 aromatic carbocycles. The number of aryl methyl sites for hydroxylation is 1. The number of hydrogen-bond acceptors (Lipinski definition) is 10. The lowest BCUT2D eigenvalue weighted by Crippen LogP contribution is -2.55. The molecule has 2 aromatic heterocycles. The fraction of sp³-hybridized carbons (Fsp3) is 0.550. The van der Waals surface area contributed by atoms with E-state index in [1.54, 1.807) is 34.0 Å². The highest BCUT2D eigenvalue weighted by molar-refractivity contribution is 7.13. The Balaban J connectivity index is 1.54. The number of allylic oxidation sites excluding steroid dienone is 1. The maximum atomic E-state index is 14.6. The van der Waals surface area contributed by atoms with E-state index in [0.29, 0.717) is 42.0 Å². The van der Waals surface area contributed by atoms with Gasteiger partial charge < -0.3 is 35.5 Å². The van der Waals surface area contributed by atoms with Gasteiger partial charge in [-0.15, -0.1) is 11.3 Å². The van der Waals surface area contributed by atoms with Crippen LogP contribution in [0.15, 0.2) is 35.7 Å². The molecule has 4 heterocycles. The number of carbonyl (C=O) groups is 4. The van der Waals surface area contributed by atoms with E-state index in [9.17, 15) is 19.2 Å². The van der Waals surface area contributed by atoms with Gasteiger partial charge in [-0.25, -0.2) is 14.8 Å². The van der Waals surface area contributed by atoms with E-state index in [-0.39, 0.29) is 19.0 Å². The maximum absolute atomic E-state index is 14.6. The van der Waals surface area contributed by atoms with E-state index in [4.69, 9.17) is 29.9 Å². The number of primary amides is 1. The molecule has 0 unspecified atom stereocenters. The fourth-order valence-electron chi connectivity index (χ4n) is 6.89. The van der Waals surface area contributed by atoms with Gasteiger partial charge in [0.25, 0.3) is 0 Å². The molecule has 4 amide bonds. The number of amides is 4. The van der Waals surface area contributed by atoms with Crippen LogP contribution in [0.3, 0.4) is 0 Å². The van der Waals surface area contributed by atoms with Crippen molar-refractivity contribution in [2.45, 2.75) is 110 Å². The minimum atomic E-state index is -0.977. The van der Waals surface area contributed by atoms with Crippen LogP contribution < -0.4 is 25.8 Å². The average Bonchev–Trinajstić information content (AvgIpc) is 3.72. The summed E-state index contributed by atoms with van der Waals surface area (Å²) in [7, 11) is 1.61. The smallest absolute Gasteiger partial charge is 0.408 e. The van der Waals surface area contributed by atoms with E-state index in [2.05, 4.69) is 24.5 Å². The lowest BCUT2D eigenvalue weighted by Gasteiger charge is -2.30. The van der Waals surface area contributed by atoms with Crippen LogP contribution in [-0.4, -0.2) is 82.7 Å². The first kappa shape index (κ1) is 40.5. The summed E-state index contributed by atoms with van der Waals surface area (Å²) in [4.78, 5) is 65.4. The van der Waals surface area contributed by atoms with Crippen molar-refractivity contribution in [3.05, 3.63) is 47.0 Å². The Morgan fingerprint density at radius 3 is 2.54 bits per heavy atom. The number of ether oxygens (including phenoxy) is 3. The third kappa shape index (κ3) is 9.49. The van der Waals surface area contributed by atoms with Crippen molar-refractivity contribution in [2.75, 3.05) is 20.2 Å². The fourth-order valence-corrected chi connectivity index (χ4v) is 7.83. The van der Waals surface area contributed by atoms with Crippen LogP contribution >= 0.6 is 11.3 Å². The highest BCUT2D eigenvalue weighted by Crippen LogP contribution is 2.39. The lowest BCUT2D eigenvalue weighted by atomic mass is 9.98. The predicted molar refractivity (Wildman–Crippen MR) is 208 cm³/mol. The molecule has 4 N–H and O–H groups in total. The number of methoxy groups -OCH3 is 1. The van der Waals surface area contributed by atoms with Gasteiger partial charge in [0.15, 0.2) is 0 Å². The first-order chi connectivity index (χ1) is 25.6. The number of rotatable bonds is 7. The molecule has 2 aliphatic heterocycles. The average molecular weight is 763 g/mol. The van der Waals surface area contributed by atoms with Crippen molar-refractivity contribution in [1.29, 1.82) is 0 Å². The molecule has 3 aromatic rings. The molecule has 0 saturated carbocycles. The molecule has 0 aliphatic carbocycles. The number of hydrogen-bond donors (Lipinski definition) is 3. The second-order valence-electron chi connectivity index (χ2n) is 15.5. The minimum Gasteiger partial charge on any atom is -0.496 e. The van der Waals surface area contributed by atoms with Gasteiger partial charge in [0.05, 0.1) is 30.8 Å². The molecule has 14 heteroatoms. The molecule has 5 atom stereocenters. The van der Waals surface area contributed by atoms with Crippen molar-refractivity contribution in [3.63, 3.8) is 0 Å². The topological polar surface area (TPSA) is 175 Å². The number of thiazole rings is 1. The van der Waals surface area contributed by atoms with Gasteiger partial charge in [-0.3, -0.25) is 14.4 Å². The molecule has 292 valence electrons. The molecule has 1 saturated heterocycles. The van der Waals surface area contributed by atoms with Gasteiger partial charge in [-0.05, 0) is 65.0 Å². The molecule has 0 spiro atoms. The predicted octanol–water partition coefficient (Wildman–Crippen LogP) is 6.02. The van der Waals surface area contributed by atoms with Gasteiger partial charge >= 0.3 is 6.09 Å².